The molecule has 0 unspecified atom stereocenters. The van der Waals surface area contributed by atoms with Gasteiger partial charge >= 0.3 is 176 Å². The van der Waals surface area contributed by atoms with Crippen molar-refractivity contribution in [2.45, 2.75) is 60.1 Å². The van der Waals surface area contributed by atoms with Crippen molar-refractivity contribution >= 4 is 40.8 Å². The van der Waals surface area contributed by atoms with Gasteiger partial charge in [0.2, 0.25) is 0 Å². The molecule has 168 valence electrons. The third-order valence-electron chi connectivity index (χ3n) is 5.76. The van der Waals surface area contributed by atoms with Crippen LogP contribution in [0.3, 0.4) is 0 Å². The van der Waals surface area contributed by atoms with Gasteiger partial charge in [-0.05, 0) is 0 Å². The zero-order valence-corrected chi connectivity index (χ0v) is 25.2. The summed E-state index contributed by atoms with van der Waals surface area (Å²) in [7, 11) is 0.793. The minimum Gasteiger partial charge on any atom is -0.147 e. The van der Waals surface area contributed by atoms with Gasteiger partial charge in [0, 0.05) is 0 Å². The molecule has 1 N–H and O–H groups in total. The fourth-order valence-electron chi connectivity index (χ4n) is 5.10. The molecule has 7 heteroatoms. The van der Waals surface area contributed by atoms with Crippen LogP contribution in [0.2, 0.25) is 29.6 Å². The van der Waals surface area contributed by atoms with Crippen LogP contribution in [-0.4, -0.2) is 28.1 Å². The minimum absolute atomic E-state index is 0. The maximum absolute atomic E-state index is 6.39. The molecule has 0 saturated heterocycles. The smallest absolute Gasteiger partial charge is 0.147 e. The van der Waals surface area contributed by atoms with Crippen LogP contribution in [0.15, 0.2) is 48.5 Å². The van der Waals surface area contributed by atoms with Crippen LogP contribution in [0.5, 0.6) is 0 Å². The van der Waals surface area contributed by atoms with Crippen molar-refractivity contribution in [3.63, 3.8) is 0 Å². The molecule has 0 atom stereocenters. The van der Waals surface area contributed by atoms with Gasteiger partial charge in [0.05, 0.1) is 0 Å². The first-order valence-electron chi connectivity index (χ1n) is 10.5. The van der Waals surface area contributed by atoms with Crippen molar-refractivity contribution < 1.29 is 18.7 Å². The molecule has 0 aliphatic heterocycles. The Kier molecular flexibility index (Phi) is 8.93. The third-order valence-corrected chi connectivity index (χ3v) is 19.1. The van der Waals surface area contributed by atoms with Gasteiger partial charge in [-0.15, -0.1) is 24.8 Å². The maximum atomic E-state index is 6.39. The van der Waals surface area contributed by atoms with Crippen LogP contribution in [0.1, 0.15) is 36.1 Å². The molecule has 2 aromatic carbocycles. The molecule has 2 aromatic rings. The molecule has 30 heavy (non-hydrogen) atoms. The summed E-state index contributed by atoms with van der Waals surface area (Å²) in [5, 5.41) is 2.61. The van der Waals surface area contributed by atoms with Gasteiger partial charge in [-0.25, -0.2) is 0 Å². The van der Waals surface area contributed by atoms with E-state index in [1.165, 1.54) is 22.3 Å². The van der Waals surface area contributed by atoms with Crippen molar-refractivity contribution in [3.05, 3.63) is 59.7 Å². The molecule has 0 saturated carbocycles. The molecular weight excluding hydrogens is 481 g/mol. The molecule has 0 aromatic heterocycles. The molecule has 1 aliphatic rings. The first-order valence-corrected chi connectivity index (χ1v) is 22.2. The first-order chi connectivity index (χ1) is 12.8. The summed E-state index contributed by atoms with van der Waals surface area (Å²) in [6.45, 7) is 14.7. The topological polar surface area (TPSA) is 21.3 Å². The van der Waals surface area contributed by atoms with Gasteiger partial charge in [0.1, 0.15) is 0 Å². The molecule has 0 heterocycles. The van der Waals surface area contributed by atoms with Crippen molar-refractivity contribution in [1.29, 1.82) is 0 Å². The van der Waals surface area contributed by atoms with Crippen molar-refractivity contribution in [1.82, 2.24) is 3.80 Å². The summed E-state index contributed by atoms with van der Waals surface area (Å²) >= 11 is -3.25. The van der Waals surface area contributed by atoms with Gasteiger partial charge in [0.25, 0.3) is 0 Å². The fourth-order valence-corrected chi connectivity index (χ4v) is 19.8. The predicted octanol–water partition coefficient (Wildman–Crippen LogP) is 6.46. The van der Waals surface area contributed by atoms with E-state index >= 15 is 0 Å². The number of rotatable bonds is 6. The Bertz CT molecular complexity index is 907. The Morgan fingerprint density at radius 2 is 1.37 bits per heavy atom. The monoisotopic (exact) mass is 519 g/mol. The van der Waals surface area contributed by atoms with E-state index in [0.717, 1.165) is 11.3 Å². The zero-order chi connectivity index (χ0) is 20.8. The molecule has 0 bridgehead atoms. The molecule has 1 aliphatic carbocycles. The summed E-state index contributed by atoms with van der Waals surface area (Å²) in [4.78, 5) is 0. The Balaban J connectivity index is 0.00000225. The van der Waals surface area contributed by atoms with E-state index < -0.39 is 22.6 Å². The second-order valence-electron chi connectivity index (χ2n) is 11.1. The van der Waals surface area contributed by atoms with E-state index in [2.05, 4.69) is 106 Å². The van der Waals surface area contributed by atoms with Gasteiger partial charge in [-0.2, -0.15) is 0 Å². The summed E-state index contributed by atoms with van der Waals surface area (Å²) in [5.74, 6) is 0. The number of halogens is 2. The first kappa shape index (κ1) is 28.1. The van der Waals surface area contributed by atoms with E-state index in [1.807, 2.05) is 0 Å². The van der Waals surface area contributed by atoms with Crippen LogP contribution in [0.25, 0.3) is 11.1 Å². The number of fused-ring (bicyclic) bond motifs is 3. The standard InChI is InChI=1S/C13H9.C5H13OSi.C4H10N.CH3.2ClH.H2Si.Ti/c1-3-7-12-10(5-1)9-11-6-2-4-8-13(11)12;1-5-6-7(2,3)4;1-4(2,3)5;;;;;/h1-9H;1,5H2,2-4H3;5H,1-3H3;1H3;2*1H;1H2;/q;;-1;;;;;+1. The quantitative estimate of drug-likeness (QED) is 0.442. The van der Waals surface area contributed by atoms with Crippen molar-refractivity contribution in [2.75, 3.05) is 6.61 Å². The summed E-state index contributed by atoms with van der Waals surface area (Å²) in [6, 6.07) is 18.1. The molecule has 0 spiro atoms. The van der Waals surface area contributed by atoms with Crippen LogP contribution in [0, 0.1) is 0 Å². The van der Waals surface area contributed by atoms with E-state index in [4.69, 9.17) is 4.43 Å². The molecule has 0 fully saturated rings. The summed E-state index contributed by atoms with van der Waals surface area (Å²) in [5.41, 5.74) is 5.97. The zero-order valence-electron chi connectivity index (χ0n) is 19.5. The number of nitrogens with one attached hydrogen (secondary N) is 1. The largest absolute Gasteiger partial charge is 0.147 e. The van der Waals surface area contributed by atoms with E-state index in [-0.39, 0.29) is 30.4 Å². The maximum Gasteiger partial charge on any atom is -0.147 e. The third kappa shape index (κ3) is 6.11. The van der Waals surface area contributed by atoms with Gasteiger partial charge in [-0.1, -0.05) is 0 Å². The van der Waals surface area contributed by atoms with Crippen LogP contribution in [0.4, 0.5) is 0 Å². The fraction of sp³-hybridized carbons (Fsp3) is 0.478. The second-order valence-corrected chi connectivity index (χ2v) is 33.3. The Hall–Kier alpha value is 0.0881. The van der Waals surface area contributed by atoms with Crippen molar-refractivity contribution in [3.8, 4) is 11.1 Å². The minimum atomic E-state index is -3.25. The average molecular weight is 521 g/mol. The Labute approximate surface area is 199 Å². The molecule has 2 nitrogen and oxygen atoms in total. The summed E-state index contributed by atoms with van der Waals surface area (Å²) < 4.78 is 12.3. The van der Waals surface area contributed by atoms with E-state index in [1.54, 1.807) is 0 Å². The average Bonchev–Trinajstić information content (AvgIpc) is 2.87. The van der Waals surface area contributed by atoms with Gasteiger partial charge in [-0.3, -0.25) is 0 Å². The van der Waals surface area contributed by atoms with Crippen LogP contribution in [-0.2, 0) is 18.7 Å². The number of benzene rings is 2. The number of hydrogen-bond donors (Lipinski definition) is 1. The normalized spacial score (nSPS) is 14.4. The van der Waals surface area contributed by atoms with Gasteiger partial charge < -0.3 is 0 Å². The Morgan fingerprint density at radius 1 is 0.933 bits per heavy atom. The number of hydrogen-bond acceptors (Lipinski definition) is 2. The van der Waals surface area contributed by atoms with Gasteiger partial charge in [0.15, 0.2) is 0 Å². The molecule has 3 rings (SSSR count). The summed E-state index contributed by atoms with van der Waals surface area (Å²) in [6.07, 6.45) is 0. The van der Waals surface area contributed by atoms with E-state index in [0.29, 0.717) is 4.22 Å². The molecule has 0 radical (unpaired) electrons. The van der Waals surface area contributed by atoms with Crippen molar-refractivity contribution in [2.24, 2.45) is 0 Å². The predicted molar refractivity (Wildman–Crippen MR) is 140 cm³/mol. The van der Waals surface area contributed by atoms with Crippen LogP contribution >= 0.6 is 24.8 Å². The second kappa shape index (κ2) is 9.52. The van der Waals surface area contributed by atoms with E-state index in [9.17, 15) is 0 Å². The SMILES string of the molecule is CC(C)(C)[NH][Ti]([CH3])(=[SiH2])([CH2]CO[Si](C)(C)C)[CH]1c2ccccc2-c2ccccc21.Cl.Cl. The Morgan fingerprint density at radius 3 is 1.77 bits per heavy atom. The molecular formula is C23H39Cl2NOSi2Ti. The molecule has 0 amide bonds. The van der Waals surface area contributed by atoms with Crippen LogP contribution < -0.4 is 3.80 Å².